The first-order chi connectivity index (χ1) is 8.72. The van der Waals surface area contributed by atoms with Crippen molar-refractivity contribution in [2.24, 2.45) is 0 Å². The Bertz CT molecular complexity index is 593. The van der Waals surface area contributed by atoms with Crippen LogP contribution >= 0.6 is 11.6 Å². The van der Waals surface area contributed by atoms with Gasteiger partial charge in [-0.25, -0.2) is 4.98 Å². The Morgan fingerprint density at radius 1 is 1.17 bits per heavy atom. The highest BCUT2D eigenvalue weighted by Crippen LogP contribution is 2.25. The number of aromatic nitrogens is 1. The average Bonchev–Trinajstić information content (AvgIpc) is 2.81. The molecule has 1 heterocycles. The van der Waals surface area contributed by atoms with Crippen LogP contribution in [0, 0.1) is 0 Å². The molecule has 0 atom stereocenters. The number of aryl methyl sites for hydroxylation is 2. The fraction of sp³-hybridized carbons (Fsp3) is 0.267. The van der Waals surface area contributed by atoms with Crippen LogP contribution in [0.4, 0.5) is 5.82 Å². The summed E-state index contributed by atoms with van der Waals surface area (Å²) < 4.78 is 0. The topological polar surface area (TPSA) is 38.9 Å². The maximum absolute atomic E-state index is 5.96. The summed E-state index contributed by atoms with van der Waals surface area (Å²) in [6.07, 6.45) is 6.08. The highest BCUT2D eigenvalue weighted by Gasteiger charge is 2.11. The maximum Gasteiger partial charge on any atom is 0.126 e. The van der Waals surface area contributed by atoms with Crippen molar-refractivity contribution in [1.82, 2.24) is 4.98 Å². The average molecular weight is 259 g/mol. The van der Waals surface area contributed by atoms with Crippen molar-refractivity contribution < 1.29 is 0 Å². The molecule has 0 fully saturated rings. The molecule has 0 radical (unpaired) electrons. The van der Waals surface area contributed by atoms with Gasteiger partial charge in [-0.2, -0.15) is 0 Å². The summed E-state index contributed by atoms with van der Waals surface area (Å²) in [6, 6.07) is 8.62. The number of hydrogen-bond acceptors (Lipinski definition) is 2. The third kappa shape index (κ3) is 2.21. The zero-order valence-electron chi connectivity index (χ0n) is 10.1. The predicted molar refractivity (Wildman–Crippen MR) is 74.9 cm³/mol. The molecular formula is C15H15ClN2. The number of benzene rings is 1. The molecule has 2 N–H and O–H groups in total. The van der Waals surface area contributed by atoms with Gasteiger partial charge in [0.2, 0.25) is 0 Å². The van der Waals surface area contributed by atoms with Crippen LogP contribution in [0.15, 0.2) is 30.5 Å². The molecule has 0 amide bonds. The van der Waals surface area contributed by atoms with Gasteiger partial charge in [0.1, 0.15) is 5.82 Å². The molecule has 0 saturated carbocycles. The number of fused-ring (bicyclic) bond motifs is 1. The number of nitrogen functional groups attached to an aromatic ring is 1. The molecule has 0 unspecified atom stereocenters. The molecule has 2 aromatic rings. The SMILES string of the molecule is Nc1ncc(Cl)cc1Cc1ccc2c(c1)CCC2. The fourth-order valence-corrected chi connectivity index (χ4v) is 2.77. The lowest BCUT2D eigenvalue weighted by Crippen LogP contribution is -1.99. The van der Waals surface area contributed by atoms with Crippen LogP contribution in [0.25, 0.3) is 0 Å². The highest BCUT2D eigenvalue weighted by molar-refractivity contribution is 6.30. The molecule has 1 aromatic carbocycles. The Morgan fingerprint density at radius 3 is 2.89 bits per heavy atom. The van der Waals surface area contributed by atoms with Crippen molar-refractivity contribution in [3.63, 3.8) is 0 Å². The zero-order chi connectivity index (χ0) is 12.5. The number of nitrogens with zero attached hydrogens (tertiary/aromatic N) is 1. The minimum Gasteiger partial charge on any atom is -0.383 e. The van der Waals surface area contributed by atoms with Gasteiger partial charge in [0, 0.05) is 18.2 Å². The number of nitrogens with two attached hydrogens (primary N) is 1. The van der Waals surface area contributed by atoms with Gasteiger partial charge >= 0.3 is 0 Å². The second-order valence-corrected chi connectivity index (χ2v) is 5.27. The minimum absolute atomic E-state index is 0.569. The van der Waals surface area contributed by atoms with E-state index < -0.39 is 0 Å². The summed E-state index contributed by atoms with van der Waals surface area (Å²) in [6.45, 7) is 0. The van der Waals surface area contributed by atoms with Crippen LogP contribution in [-0.4, -0.2) is 4.98 Å². The molecule has 0 saturated heterocycles. The molecule has 1 aliphatic rings. The molecule has 1 aromatic heterocycles. The number of pyridine rings is 1. The van der Waals surface area contributed by atoms with E-state index in [4.69, 9.17) is 17.3 Å². The predicted octanol–water partition coefficient (Wildman–Crippen LogP) is 3.40. The monoisotopic (exact) mass is 258 g/mol. The summed E-state index contributed by atoms with van der Waals surface area (Å²) >= 11 is 5.96. The van der Waals surface area contributed by atoms with Crippen LogP contribution in [0.2, 0.25) is 5.02 Å². The van der Waals surface area contributed by atoms with Gasteiger partial charge < -0.3 is 5.73 Å². The molecule has 0 spiro atoms. The van der Waals surface area contributed by atoms with Crippen LogP contribution in [0.1, 0.15) is 28.7 Å². The van der Waals surface area contributed by atoms with E-state index in [1.807, 2.05) is 6.07 Å². The van der Waals surface area contributed by atoms with Crippen molar-refractivity contribution in [3.05, 3.63) is 57.7 Å². The first-order valence-corrected chi connectivity index (χ1v) is 6.61. The lowest BCUT2D eigenvalue weighted by molar-refractivity contribution is 0.911. The highest BCUT2D eigenvalue weighted by atomic mass is 35.5. The first kappa shape index (κ1) is 11.5. The fourth-order valence-electron chi connectivity index (χ4n) is 2.59. The minimum atomic E-state index is 0.569. The largest absolute Gasteiger partial charge is 0.383 e. The standard InChI is InChI=1S/C15H15ClN2/c16-14-8-13(15(17)18-9-14)7-10-4-5-11-2-1-3-12(11)6-10/h4-6,8-9H,1-3,7H2,(H2,17,18). The lowest BCUT2D eigenvalue weighted by Gasteiger charge is -2.07. The number of anilines is 1. The summed E-state index contributed by atoms with van der Waals surface area (Å²) in [5, 5.41) is 0.639. The Balaban J connectivity index is 1.90. The first-order valence-electron chi connectivity index (χ1n) is 6.23. The molecule has 0 aliphatic heterocycles. The zero-order valence-corrected chi connectivity index (χ0v) is 10.9. The smallest absolute Gasteiger partial charge is 0.126 e. The molecule has 1 aliphatic carbocycles. The lowest BCUT2D eigenvalue weighted by atomic mass is 10.0. The number of rotatable bonds is 2. The van der Waals surface area contributed by atoms with E-state index >= 15 is 0 Å². The Morgan fingerprint density at radius 2 is 2.00 bits per heavy atom. The number of halogens is 1. The molecule has 18 heavy (non-hydrogen) atoms. The van der Waals surface area contributed by atoms with Crippen LogP contribution in [0.3, 0.4) is 0 Å². The van der Waals surface area contributed by atoms with E-state index in [0.717, 1.165) is 12.0 Å². The van der Waals surface area contributed by atoms with E-state index in [1.54, 1.807) is 6.20 Å². The van der Waals surface area contributed by atoms with Gasteiger partial charge in [0.25, 0.3) is 0 Å². The van der Waals surface area contributed by atoms with Crippen LogP contribution in [0.5, 0.6) is 0 Å². The second kappa shape index (κ2) is 4.62. The third-order valence-electron chi connectivity index (χ3n) is 3.53. The summed E-state index contributed by atoms with van der Waals surface area (Å²) in [4.78, 5) is 4.09. The van der Waals surface area contributed by atoms with Gasteiger partial charge in [0.15, 0.2) is 0 Å². The molecule has 0 bridgehead atoms. The van der Waals surface area contributed by atoms with E-state index in [-0.39, 0.29) is 0 Å². The van der Waals surface area contributed by atoms with E-state index in [1.165, 1.54) is 36.0 Å². The van der Waals surface area contributed by atoms with Gasteiger partial charge in [-0.3, -0.25) is 0 Å². The van der Waals surface area contributed by atoms with Crippen molar-refractivity contribution in [2.45, 2.75) is 25.7 Å². The van der Waals surface area contributed by atoms with Crippen molar-refractivity contribution in [1.29, 1.82) is 0 Å². The maximum atomic E-state index is 5.96. The van der Waals surface area contributed by atoms with Crippen molar-refractivity contribution in [3.8, 4) is 0 Å². The van der Waals surface area contributed by atoms with Gasteiger partial charge in [0.05, 0.1) is 5.02 Å². The Labute approximate surface area is 112 Å². The van der Waals surface area contributed by atoms with Crippen molar-refractivity contribution in [2.75, 3.05) is 5.73 Å². The summed E-state index contributed by atoms with van der Waals surface area (Å²) in [5.74, 6) is 0.569. The molecular weight excluding hydrogens is 244 g/mol. The molecule has 3 rings (SSSR count). The van der Waals surface area contributed by atoms with Crippen LogP contribution < -0.4 is 5.73 Å². The molecule has 3 heteroatoms. The molecule has 2 nitrogen and oxygen atoms in total. The second-order valence-electron chi connectivity index (χ2n) is 4.83. The van der Waals surface area contributed by atoms with E-state index in [9.17, 15) is 0 Å². The molecule has 92 valence electrons. The Hall–Kier alpha value is -1.54. The number of hydrogen-bond donors (Lipinski definition) is 1. The quantitative estimate of drug-likeness (QED) is 0.897. The van der Waals surface area contributed by atoms with E-state index in [2.05, 4.69) is 23.2 Å². The summed E-state index contributed by atoms with van der Waals surface area (Å²) in [5.41, 5.74) is 11.1. The van der Waals surface area contributed by atoms with Gasteiger partial charge in [-0.15, -0.1) is 0 Å². The normalized spacial score (nSPS) is 13.6. The summed E-state index contributed by atoms with van der Waals surface area (Å²) in [7, 11) is 0. The van der Waals surface area contributed by atoms with E-state index in [0.29, 0.717) is 10.8 Å². The van der Waals surface area contributed by atoms with Crippen molar-refractivity contribution >= 4 is 17.4 Å². The van der Waals surface area contributed by atoms with Crippen LogP contribution in [-0.2, 0) is 19.3 Å². The van der Waals surface area contributed by atoms with Gasteiger partial charge in [-0.1, -0.05) is 29.8 Å². The van der Waals surface area contributed by atoms with Gasteiger partial charge in [-0.05, 0) is 42.0 Å². The third-order valence-corrected chi connectivity index (χ3v) is 3.73. The Kier molecular flexibility index (Phi) is 2.96.